The molecule has 1 N–H and O–H groups in total. The van der Waals surface area contributed by atoms with E-state index in [0.29, 0.717) is 12.5 Å². The molecule has 0 heterocycles. The molecule has 14 heavy (non-hydrogen) atoms. The Morgan fingerprint density at radius 1 is 1.57 bits per heavy atom. The predicted octanol–water partition coefficient (Wildman–Crippen LogP) is 1.07. The van der Waals surface area contributed by atoms with E-state index in [1.165, 1.54) is 0 Å². The number of aliphatic carboxylic acids is 1. The summed E-state index contributed by atoms with van der Waals surface area (Å²) in [6, 6.07) is 0. The highest BCUT2D eigenvalue weighted by Gasteiger charge is 2.09. The number of carboxylic acid groups (broad SMARTS) is 1. The number of rotatable bonds is 8. The zero-order valence-electron chi connectivity index (χ0n) is 9.32. The summed E-state index contributed by atoms with van der Waals surface area (Å²) in [4.78, 5) is 12.5. The van der Waals surface area contributed by atoms with Crippen LogP contribution in [0.25, 0.3) is 0 Å². The van der Waals surface area contributed by atoms with Gasteiger partial charge in [0.15, 0.2) is 0 Å². The maximum absolute atomic E-state index is 10.4. The van der Waals surface area contributed by atoms with Gasteiger partial charge >= 0.3 is 5.97 Å². The van der Waals surface area contributed by atoms with Crippen molar-refractivity contribution in [2.45, 2.75) is 20.3 Å². The van der Waals surface area contributed by atoms with Crippen LogP contribution in [-0.2, 0) is 9.53 Å². The maximum Gasteiger partial charge on any atom is 0.304 e. The number of methoxy groups -OCH3 is 1. The van der Waals surface area contributed by atoms with E-state index in [1.54, 1.807) is 7.11 Å². The topological polar surface area (TPSA) is 49.8 Å². The molecule has 0 aliphatic rings. The van der Waals surface area contributed by atoms with Crippen molar-refractivity contribution in [3.05, 3.63) is 0 Å². The van der Waals surface area contributed by atoms with Crippen molar-refractivity contribution in [3.63, 3.8) is 0 Å². The highest BCUT2D eigenvalue weighted by molar-refractivity contribution is 5.66. The average Bonchev–Trinajstić information content (AvgIpc) is 2.12. The number of carbonyl (C=O) groups is 1. The quantitative estimate of drug-likeness (QED) is 0.641. The molecule has 0 fully saturated rings. The van der Waals surface area contributed by atoms with Crippen LogP contribution in [0.3, 0.4) is 0 Å². The first kappa shape index (κ1) is 13.4. The summed E-state index contributed by atoms with van der Waals surface area (Å²) in [7, 11) is 1.68. The minimum Gasteiger partial charge on any atom is -0.481 e. The Kier molecular flexibility index (Phi) is 7.42. The van der Waals surface area contributed by atoms with Crippen LogP contribution in [-0.4, -0.2) is 49.3 Å². The van der Waals surface area contributed by atoms with Gasteiger partial charge < -0.3 is 14.7 Å². The lowest BCUT2D eigenvalue weighted by molar-refractivity contribution is -0.137. The molecule has 0 rings (SSSR count). The van der Waals surface area contributed by atoms with E-state index in [-0.39, 0.29) is 6.42 Å². The molecule has 0 amide bonds. The highest BCUT2D eigenvalue weighted by Crippen LogP contribution is 2.01. The first-order valence-electron chi connectivity index (χ1n) is 5.03. The molecule has 1 atom stereocenters. The summed E-state index contributed by atoms with van der Waals surface area (Å²) < 4.78 is 5.03. The first-order chi connectivity index (χ1) is 6.60. The Bertz CT molecular complexity index is 161. The van der Waals surface area contributed by atoms with Crippen molar-refractivity contribution in [1.82, 2.24) is 4.90 Å². The van der Waals surface area contributed by atoms with Gasteiger partial charge in [0.05, 0.1) is 6.42 Å². The van der Waals surface area contributed by atoms with E-state index in [4.69, 9.17) is 9.84 Å². The Balaban J connectivity index is 3.71. The van der Waals surface area contributed by atoms with Gasteiger partial charge in [0.25, 0.3) is 0 Å². The molecule has 4 nitrogen and oxygen atoms in total. The minimum atomic E-state index is -0.733. The smallest absolute Gasteiger partial charge is 0.304 e. The van der Waals surface area contributed by atoms with Gasteiger partial charge in [-0.2, -0.15) is 0 Å². The van der Waals surface area contributed by atoms with Gasteiger partial charge in [-0.3, -0.25) is 4.79 Å². The van der Waals surface area contributed by atoms with Gasteiger partial charge in [0, 0.05) is 26.8 Å². The molecule has 84 valence electrons. The predicted molar refractivity (Wildman–Crippen MR) is 55.4 cm³/mol. The first-order valence-corrected chi connectivity index (χ1v) is 5.03. The van der Waals surface area contributed by atoms with Gasteiger partial charge in [-0.05, 0) is 12.5 Å². The van der Waals surface area contributed by atoms with Gasteiger partial charge in [-0.25, -0.2) is 0 Å². The Morgan fingerprint density at radius 3 is 2.64 bits per heavy atom. The summed E-state index contributed by atoms with van der Waals surface area (Å²) in [5.74, 6) is -0.281. The Hall–Kier alpha value is -0.610. The number of carboxylic acids is 1. The summed E-state index contributed by atoms with van der Waals surface area (Å²) in [5, 5.41) is 8.54. The lowest BCUT2D eigenvalue weighted by Gasteiger charge is -2.23. The van der Waals surface area contributed by atoms with Crippen LogP contribution in [0.2, 0.25) is 0 Å². The van der Waals surface area contributed by atoms with Crippen molar-refractivity contribution in [1.29, 1.82) is 0 Å². The lowest BCUT2D eigenvalue weighted by Crippen LogP contribution is -2.32. The Labute approximate surface area is 85.9 Å². The van der Waals surface area contributed by atoms with Crippen LogP contribution in [0.5, 0.6) is 0 Å². The molecule has 0 saturated heterocycles. The van der Waals surface area contributed by atoms with Gasteiger partial charge in [-0.1, -0.05) is 13.8 Å². The monoisotopic (exact) mass is 203 g/mol. The highest BCUT2D eigenvalue weighted by atomic mass is 16.5. The third-order valence-electron chi connectivity index (χ3n) is 2.11. The van der Waals surface area contributed by atoms with Crippen molar-refractivity contribution < 1.29 is 14.6 Å². The van der Waals surface area contributed by atoms with Crippen LogP contribution >= 0.6 is 0 Å². The van der Waals surface area contributed by atoms with Gasteiger partial charge in [0.2, 0.25) is 0 Å². The second-order valence-corrected chi connectivity index (χ2v) is 3.60. The summed E-state index contributed by atoms with van der Waals surface area (Å²) >= 11 is 0. The van der Waals surface area contributed by atoms with Gasteiger partial charge in [-0.15, -0.1) is 0 Å². The minimum absolute atomic E-state index is 0.216. The van der Waals surface area contributed by atoms with Crippen molar-refractivity contribution in [2.24, 2.45) is 5.92 Å². The molecule has 0 saturated carbocycles. The van der Waals surface area contributed by atoms with E-state index in [2.05, 4.69) is 11.8 Å². The second kappa shape index (κ2) is 7.76. The third-order valence-corrected chi connectivity index (χ3v) is 2.11. The number of nitrogens with zero attached hydrogens (tertiary/aromatic N) is 1. The number of ether oxygens (including phenoxy) is 1. The zero-order valence-corrected chi connectivity index (χ0v) is 9.32. The number of hydrogen-bond acceptors (Lipinski definition) is 3. The van der Waals surface area contributed by atoms with E-state index >= 15 is 0 Å². The SMILES string of the molecule is CCN(CCC(=O)O)CC(C)COC. The molecule has 0 spiro atoms. The van der Waals surface area contributed by atoms with E-state index < -0.39 is 5.97 Å². The van der Waals surface area contributed by atoms with Crippen LogP contribution in [0.1, 0.15) is 20.3 Å². The molecule has 0 aromatic rings. The number of hydrogen-bond donors (Lipinski definition) is 1. The van der Waals surface area contributed by atoms with Gasteiger partial charge in [0.1, 0.15) is 0 Å². The molecule has 1 unspecified atom stereocenters. The van der Waals surface area contributed by atoms with E-state index in [9.17, 15) is 4.79 Å². The Morgan fingerprint density at radius 2 is 2.21 bits per heavy atom. The summed E-state index contributed by atoms with van der Waals surface area (Å²) in [6.45, 7) is 7.29. The maximum atomic E-state index is 10.4. The van der Waals surface area contributed by atoms with Crippen molar-refractivity contribution >= 4 is 5.97 Å². The molecule has 0 radical (unpaired) electrons. The van der Waals surface area contributed by atoms with E-state index in [0.717, 1.165) is 19.7 Å². The molecule has 0 aliphatic heterocycles. The largest absolute Gasteiger partial charge is 0.481 e. The van der Waals surface area contributed by atoms with Crippen LogP contribution in [0.4, 0.5) is 0 Å². The normalized spacial score (nSPS) is 13.1. The fourth-order valence-electron chi connectivity index (χ4n) is 1.41. The zero-order chi connectivity index (χ0) is 11.0. The lowest BCUT2D eigenvalue weighted by atomic mass is 10.2. The molecular formula is C10H21NO3. The third kappa shape index (κ3) is 6.86. The fourth-order valence-corrected chi connectivity index (χ4v) is 1.41. The second-order valence-electron chi connectivity index (χ2n) is 3.60. The molecule has 0 bridgehead atoms. The molecule has 4 heteroatoms. The van der Waals surface area contributed by atoms with Crippen molar-refractivity contribution in [2.75, 3.05) is 33.4 Å². The standard InChI is InChI=1S/C10H21NO3/c1-4-11(6-5-10(12)13)7-9(2)8-14-3/h9H,4-8H2,1-3H3,(H,12,13). The molecule has 0 aliphatic carbocycles. The molecule has 0 aromatic heterocycles. The van der Waals surface area contributed by atoms with E-state index in [1.807, 2.05) is 6.92 Å². The van der Waals surface area contributed by atoms with Crippen LogP contribution in [0.15, 0.2) is 0 Å². The van der Waals surface area contributed by atoms with Crippen LogP contribution < -0.4 is 0 Å². The average molecular weight is 203 g/mol. The molecular weight excluding hydrogens is 182 g/mol. The van der Waals surface area contributed by atoms with Crippen molar-refractivity contribution in [3.8, 4) is 0 Å². The molecule has 0 aromatic carbocycles. The van der Waals surface area contributed by atoms with Crippen LogP contribution in [0, 0.1) is 5.92 Å². The fraction of sp³-hybridized carbons (Fsp3) is 0.900. The summed E-state index contributed by atoms with van der Waals surface area (Å²) in [5.41, 5.74) is 0. The summed E-state index contributed by atoms with van der Waals surface area (Å²) in [6.07, 6.45) is 0.216.